The van der Waals surface area contributed by atoms with Gasteiger partial charge in [0.15, 0.2) is 0 Å². The van der Waals surface area contributed by atoms with Crippen molar-refractivity contribution in [3.05, 3.63) is 29.8 Å². The van der Waals surface area contributed by atoms with Crippen LogP contribution in [0.2, 0.25) is 0 Å². The molecule has 1 aliphatic carbocycles. The molecule has 6 heteroatoms. The number of carbonyl (C=O) groups excluding carboxylic acids is 1. The first-order valence-electron chi connectivity index (χ1n) is 8.24. The fourth-order valence-corrected chi connectivity index (χ4v) is 3.75. The summed E-state index contributed by atoms with van der Waals surface area (Å²) in [6.45, 7) is 2.20. The normalized spacial score (nSPS) is 21.8. The fourth-order valence-electron chi connectivity index (χ4n) is 3.02. The summed E-state index contributed by atoms with van der Waals surface area (Å²) >= 11 is 0. The first-order valence-corrected chi connectivity index (χ1v) is 9.72. The summed E-state index contributed by atoms with van der Waals surface area (Å²) in [5.41, 5.74) is 0.965. The van der Waals surface area contributed by atoms with Crippen molar-refractivity contribution in [2.45, 2.75) is 56.4 Å². The number of amides is 1. The molecule has 2 atom stereocenters. The van der Waals surface area contributed by atoms with Crippen molar-refractivity contribution < 1.29 is 13.2 Å². The monoisotopic (exact) mass is 338 g/mol. The zero-order valence-electron chi connectivity index (χ0n) is 13.8. The van der Waals surface area contributed by atoms with Gasteiger partial charge >= 0.3 is 0 Å². The molecule has 128 valence electrons. The maximum atomic E-state index is 12.1. The van der Waals surface area contributed by atoms with Crippen LogP contribution >= 0.6 is 0 Å². The highest BCUT2D eigenvalue weighted by molar-refractivity contribution is 7.89. The highest BCUT2D eigenvalue weighted by Gasteiger charge is 2.22. The molecule has 23 heavy (non-hydrogen) atoms. The van der Waals surface area contributed by atoms with E-state index in [0.717, 1.165) is 12.0 Å². The van der Waals surface area contributed by atoms with E-state index in [-0.39, 0.29) is 10.8 Å². The van der Waals surface area contributed by atoms with E-state index in [1.54, 1.807) is 24.3 Å². The van der Waals surface area contributed by atoms with Gasteiger partial charge in [-0.25, -0.2) is 13.1 Å². The van der Waals surface area contributed by atoms with Crippen LogP contribution in [0.5, 0.6) is 0 Å². The van der Waals surface area contributed by atoms with Crippen LogP contribution in [0.1, 0.15) is 44.6 Å². The Labute approximate surface area is 138 Å². The fraction of sp³-hybridized carbons (Fsp3) is 0.588. The molecule has 0 saturated heterocycles. The first-order chi connectivity index (χ1) is 10.9. The van der Waals surface area contributed by atoms with E-state index in [1.807, 2.05) is 0 Å². The Balaban J connectivity index is 1.84. The lowest BCUT2D eigenvalue weighted by Crippen LogP contribution is -2.41. The Hall–Kier alpha value is -1.40. The van der Waals surface area contributed by atoms with Crippen molar-refractivity contribution >= 4 is 15.9 Å². The number of aryl methyl sites for hydroxylation is 1. The Kier molecular flexibility index (Phi) is 6.18. The lowest BCUT2D eigenvalue weighted by atomic mass is 9.86. The molecule has 0 unspecified atom stereocenters. The number of nitrogens with one attached hydrogen (secondary N) is 2. The van der Waals surface area contributed by atoms with Crippen molar-refractivity contribution in [3.8, 4) is 0 Å². The lowest BCUT2D eigenvalue weighted by Gasteiger charge is -2.29. The number of hydrogen-bond donors (Lipinski definition) is 2. The molecule has 0 spiro atoms. The summed E-state index contributed by atoms with van der Waals surface area (Å²) in [6.07, 6.45) is 5.76. The second kappa shape index (κ2) is 7.93. The highest BCUT2D eigenvalue weighted by atomic mass is 32.2. The minimum atomic E-state index is -3.40. The summed E-state index contributed by atoms with van der Waals surface area (Å²) < 4.78 is 25.6. The molecule has 1 fully saturated rings. The van der Waals surface area contributed by atoms with Crippen LogP contribution in [0.15, 0.2) is 29.2 Å². The van der Waals surface area contributed by atoms with Crippen LogP contribution in [0, 0.1) is 5.92 Å². The van der Waals surface area contributed by atoms with E-state index < -0.39 is 10.0 Å². The van der Waals surface area contributed by atoms with Gasteiger partial charge in [-0.2, -0.15) is 0 Å². The number of rotatable bonds is 6. The van der Waals surface area contributed by atoms with E-state index in [0.29, 0.717) is 24.8 Å². The van der Waals surface area contributed by atoms with Gasteiger partial charge in [0, 0.05) is 12.5 Å². The van der Waals surface area contributed by atoms with Gasteiger partial charge < -0.3 is 5.32 Å². The minimum absolute atomic E-state index is 0.0793. The number of benzene rings is 1. The van der Waals surface area contributed by atoms with Crippen LogP contribution in [-0.2, 0) is 21.2 Å². The third-order valence-corrected chi connectivity index (χ3v) is 6.03. The topological polar surface area (TPSA) is 75.3 Å². The van der Waals surface area contributed by atoms with Gasteiger partial charge in [0.1, 0.15) is 0 Å². The van der Waals surface area contributed by atoms with Crippen LogP contribution < -0.4 is 10.0 Å². The smallest absolute Gasteiger partial charge is 0.240 e. The summed E-state index contributed by atoms with van der Waals surface area (Å²) in [5, 5.41) is 3.14. The van der Waals surface area contributed by atoms with Crippen LogP contribution in [0.25, 0.3) is 0 Å². The Morgan fingerprint density at radius 2 is 1.83 bits per heavy atom. The maximum absolute atomic E-state index is 12.1. The molecule has 2 rings (SSSR count). The molecular weight excluding hydrogens is 312 g/mol. The average Bonchev–Trinajstić information content (AvgIpc) is 2.55. The quantitative estimate of drug-likeness (QED) is 0.835. The van der Waals surface area contributed by atoms with E-state index >= 15 is 0 Å². The Morgan fingerprint density at radius 1 is 1.17 bits per heavy atom. The zero-order chi connectivity index (χ0) is 16.9. The van der Waals surface area contributed by atoms with Gasteiger partial charge in [-0.15, -0.1) is 0 Å². The summed E-state index contributed by atoms with van der Waals surface area (Å²) in [7, 11) is -2.01. The van der Waals surface area contributed by atoms with E-state index in [4.69, 9.17) is 0 Å². The molecule has 5 nitrogen and oxygen atoms in total. The molecule has 1 aromatic rings. The summed E-state index contributed by atoms with van der Waals surface area (Å²) in [6, 6.07) is 6.98. The largest absolute Gasteiger partial charge is 0.353 e. The van der Waals surface area contributed by atoms with E-state index in [9.17, 15) is 13.2 Å². The molecule has 1 aliphatic rings. The molecule has 2 N–H and O–H groups in total. The molecule has 0 heterocycles. The van der Waals surface area contributed by atoms with Crippen molar-refractivity contribution in [1.29, 1.82) is 0 Å². The van der Waals surface area contributed by atoms with Crippen molar-refractivity contribution in [1.82, 2.24) is 10.0 Å². The van der Waals surface area contributed by atoms with Crippen molar-refractivity contribution in [3.63, 3.8) is 0 Å². The minimum Gasteiger partial charge on any atom is -0.353 e. The van der Waals surface area contributed by atoms with Gasteiger partial charge in [-0.05, 0) is 49.9 Å². The molecule has 1 saturated carbocycles. The molecular formula is C17H26N2O3S. The van der Waals surface area contributed by atoms with Crippen LogP contribution in [0.3, 0.4) is 0 Å². The second-order valence-electron chi connectivity index (χ2n) is 6.29. The molecule has 0 bridgehead atoms. The van der Waals surface area contributed by atoms with Gasteiger partial charge in [0.2, 0.25) is 15.9 Å². The molecule has 0 aliphatic heterocycles. The standard InChI is InChI=1S/C17H26N2O3S/c1-13-5-3-4-6-16(13)19-17(20)12-9-14-7-10-15(11-8-14)23(21,22)18-2/h7-8,10-11,13,16,18H,3-6,9,12H2,1-2H3,(H,19,20)/t13-,16-/m0/s1. The predicted octanol–water partition coefficient (Wildman–Crippen LogP) is 2.22. The third kappa shape index (κ3) is 5.04. The highest BCUT2D eigenvalue weighted by Crippen LogP contribution is 2.23. The summed E-state index contributed by atoms with van der Waals surface area (Å²) in [5.74, 6) is 0.634. The van der Waals surface area contributed by atoms with Gasteiger partial charge in [-0.1, -0.05) is 31.9 Å². The second-order valence-corrected chi connectivity index (χ2v) is 8.17. The van der Waals surface area contributed by atoms with E-state index in [2.05, 4.69) is 17.0 Å². The van der Waals surface area contributed by atoms with Gasteiger partial charge in [0.05, 0.1) is 4.90 Å². The number of carbonyl (C=O) groups is 1. The molecule has 0 aromatic heterocycles. The van der Waals surface area contributed by atoms with E-state index in [1.165, 1.54) is 26.3 Å². The Morgan fingerprint density at radius 3 is 2.43 bits per heavy atom. The van der Waals surface area contributed by atoms with Gasteiger partial charge in [-0.3, -0.25) is 4.79 Å². The molecule has 0 radical (unpaired) electrons. The zero-order valence-corrected chi connectivity index (χ0v) is 14.7. The number of sulfonamides is 1. The van der Waals surface area contributed by atoms with Crippen LogP contribution in [0.4, 0.5) is 0 Å². The summed E-state index contributed by atoms with van der Waals surface area (Å²) in [4.78, 5) is 12.3. The molecule has 1 amide bonds. The first kappa shape index (κ1) is 17.9. The van der Waals surface area contributed by atoms with Gasteiger partial charge in [0.25, 0.3) is 0 Å². The predicted molar refractivity (Wildman–Crippen MR) is 90.6 cm³/mol. The Bertz CT molecular complexity index is 626. The molecule has 1 aromatic carbocycles. The maximum Gasteiger partial charge on any atom is 0.240 e. The van der Waals surface area contributed by atoms with Crippen molar-refractivity contribution in [2.24, 2.45) is 5.92 Å². The van der Waals surface area contributed by atoms with Crippen LogP contribution in [-0.4, -0.2) is 27.4 Å². The van der Waals surface area contributed by atoms with Crippen molar-refractivity contribution in [2.75, 3.05) is 7.05 Å². The SMILES string of the molecule is CNS(=O)(=O)c1ccc(CCC(=O)N[C@H]2CCCC[C@@H]2C)cc1. The average molecular weight is 338 g/mol. The third-order valence-electron chi connectivity index (χ3n) is 4.60. The lowest BCUT2D eigenvalue weighted by molar-refractivity contribution is -0.122. The number of hydrogen-bond acceptors (Lipinski definition) is 3.